The minimum Gasteiger partial charge on any atom is -0.424 e. The van der Waals surface area contributed by atoms with Crippen molar-refractivity contribution >= 4 is 10.0 Å². The summed E-state index contributed by atoms with van der Waals surface area (Å²) in [4.78, 5) is 1.87. The highest BCUT2D eigenvalue weighted by molar-refractivity contribution is 7.89. The molecule has 1 fully saturated rings. The van der Waals surface area contributed by atoms with Gasteiger partial charge in [0.2, 0.25) is 21.8 Å². The summed E-state index contributed by atoms with van der Waals surface area (Å²) in [5.74, 6) is 0.923. The molecule has 7 nitrogen and oxygen atoms in total. The van der Waals surface area contributed by atoms with Gasteiger partial charge in [0, 0.05) is 33.1 Å². The number of benzene rings is 1. The van der Waals surface area contributed by atoms with Gasteiger partial charge in [-0.15, -0.1) is 10.2 Å². The maximum Gasteiger partial charge on any atom is 0.416 e. The highest BCUT2D eigenvalue weighted by Crippen LogP contribution is 2.30. The van der Waals surface area contributed by atoms with Gasteiger partial charge in [-0.25, -0.2) is 8.42 Å². The quantitative estimate of drug-likeness (QED) is 0.779. The average molecular weight is 404 g/mol. The zero-order valence-electron chi connectivity index (χ0n) is 14.8. The standard InChI is InChI=1S/C16H19F3N4O3S/c1-11(15-21-20-12(2)26-15)22-7-9-23(10-8-22)27(24,25)14-5-3-13(4-6-14)16(17,18)19/h3-6,11H,7-10H2,1-2H3. The smallest absolute Gasteiger partial charge is 0.416 e. The molecule has 0 amide bonds. The second-order valence-electron chi connectivity index (χ2n) is 6.30. The van der Waals surface area contributed by atoms with Crippen LogP contribution >= 0.6 is 0 Å². The molecule has 1 unspecified atom stereocenters. The van der Waals surface area contributed by atoms with E-state index >= 15 is 0 Å². The Kier molecular flexibility index (Phi) is 5.28. The molecule has 1 aliphatic heterocycles. The van der Waals surface area contributed by atoms with Crippen molar-refractivity contribution in [1.82, 2.24) is 19.4 Å². The predicted octanol–water partition coefficient (Wildman–Crippen LogP) is 2.46. The first-order valence-electron chi connectivity index (χ1n) is 8.30. The third-order valence-corrected chi connectivity index (χ3v) is 6.45. The van der Waals surface area contributed by atoms with Crippen molar-refractivity contribution in [3.63, 3.8) is 0 Å². The van der Waals surface area contributed by atoms with E-state index in [1.165, 1.54) is 4.31 Å². The lowest BCUT2D eigenvalue weighted by Gasteiger charge is -2.36. The molecule has 2 heterocycles. The van der Waals surface area contributed by atoms with Crippen molar-refractivity contribution in [2.45, 2.75) is 31.0 Å². The second kappa shape index (κ2) is 7.21. The number of rotatable bonds is 4. The van der Waals surface area contributed by atoms with Gasteiger partial charge < -0.3 is 4.42 Å². The van der Waals surface area contributed by atoms with Crippen molar-refractivity contribution in [3.05, 3.63) is 41.6 Å². The molecule has 0 aliphatic carbocycles. The fourth-order valence-electron chi connectivity index (χ4n) is 2.93. The van der Waals surface area contributed by atoms with Gasteiger partial charge in [0.15, 0.2) is 0 Å². The predicted molar refractivity (Wildman–Crippen MR) is 89.2 cm³/mol. The van der Waals surface area contributed by atoms with Crippen LogP contribution in [0.5, 0.6) is 0 Å². The number of sulfonamides is 1. The summed E-state index contributed by atoms with van der Waals surface area (Å²) in [7, 11) is -3.85. The number of piperazine rings is 1. The number of hydrogen-bond donors (Lipinski definition) is 0. The summed E-state index contributed by atoms with van der Waals surface area (Å²) in [5.41, 5.74) is -0.880. The molecule has 148 valence electrons. The zero-order chi connectivity index (χ0) is 19.8. The molecule has 1 aliphatic rings. The fraction of sp³-hybridized carbons (Fsp3) is 0.500. The maximum atomic E-state index is 12.7. The highest BCUT2D eigenvalue weighted by Gasteiger charge is 2.33. The third-order valence-electron chi connectivity index (χ3n) is 4.54. The third kappa shape index (κ3) is 4.14. The summed E-state index contributed by atoms with van der Waals surface area (Å²) >= 11 is 0. The second-order valence-corrected chi connectivity index (χ2v) is 8.24. The Hall–Kier alpha value is -1.98. The molecule has 1 aromatic carbocycles. The molecule has 2 aromatic rings. The van der Waals surface area contributed by atoms with Crippen molar-refractivity contribution in [3.8, 4) is 0 Å². The molecule has 1 atom stereocenters. The van der Waals surface area contributed by atoms with Crippen molar-refractivity contribution in [2.24, 2.45) is 0 Å². The van der Waals surface area contributed by atoms with Gasteiger partial charge in [-0.1, -0.05) is 0 Å². The molecule has 1 aromatic heterocycles. The van der Waals surface area contributed by atoms with Crippen LogP contribution in [0.15, 0.2) is 33.6 Å². The normalized spacial score (nSPS) is 18.6. The van der Waals surface area contributed by atoms with Crippen molar-refractivity contribution < 1.29 is 26.0 Å². The lowest BCUT2D eigenvalue weighted by atomic mass is 10.2. The summed E-state index contributed by atoms with van der Waals surface area (Å²) in [6.45, 7) is 4.93. The van der Waals surface area contributed by atoms with E-state index in [1.807, 2.05) is 11.8 Å². The van der Waals surface area contributed by atoms with Crippen molar-refractivity contribution in [2.75, 3.05) is 26.2 Å². The minimum absolute atomic E-state index is 0.149. The summed E-state index contributed by atoms with van der Waals surface area (Å²) in [6, 6.07) is 3.40. The van der Waals surface area contributed by atoms with Gasteiger partial charge in [0.25, 0.3) is 0 Å². The van der Waals surface area contributed by atoms with Crippen LogP contribution in [0.4, 0.5) is 13.2 Å². The molecule has 0 radical (unpaired) electrons. The van der Waals surface area contributed by atoms with E-state index < -0.39 is 21.8 Å². The van der Waals surface area contributed by atoms with Crippen molar-refractivity contribution in [1.29, 1.82) is 0 Å². The number of nitrogens with zero attached hydrogens (tertiary/aromatic N) is 4. The van der Waals surface area contributed by atoms with Crippen LogP contribution in [0.3, 0.4) is 0 Å². The van der Waals surface area contributed by atoms with Gasteiger partial charge in [0.05, 0.1) is 16.5 Å². The Morgan fingerprint density at radius 3 is 2.15 bits per heavy atom. The Labute approximate surface area is 154 Å². The Morgan fingerprint density at radius 2 is 1.67 bits per heavy atom. The topological polar surface area (TPSA) is 79.5 Å². The van der Waals surface area contributed by atoms with Gasteiger partial charge in [-0.3, -0.25) is 4.90 Å². The van der Waals surface area contributed by atoms with Crippen LogP contribution in [0, 0.1) is 6.92 Å². The van der Waals surface area contributed by atoms with Gasteiger partial charge >= 0.3 is 6.18 Å². The highest BCUT2D eigenvalue weighted by atomic mass is 32.2. The number of aromatic nitrogens is 2. The zero-order valence-corrected chi connectivity index (χ0v) is 15.6. The fourth-order valence-corrected chi connectivity index (χ4v) is 4.36. The number of hydrogen-bond acceptors (Lipinski definition) is 6. The van der Waals surface area contributed by atoms with Crippen LogP contribution in [0.2, 0.25) is 0 Å². The van der Waals surface area contributed by atoms with E-state index in [0.717, 1.165) is 24.3 Å². The van der Waals surface area contributed by atoms with E-state index in [-0.39, 0.29) is 24.0 Å². The first-order chi connectivity index (χ1) is 12.6. The first-order valence-corrected chi connectivity index (χ1v) is 9.74. The monoisotopic (exact) mass is 404 g/mol. The molecule has 1 saturated heterocycles. The SMILES string of the molecule is Cc1nnc(C(C)N2CCN(S(=O)(=O)c3ccc(C(F)(F)F)cc3)CC2)o1. The van der Waals surface area contributed by atoms with Crippen LogP contribution in [0.25, 0.3) is 0 Å². The lowest BCUT2D eigenvalue weighted by Crippen LogP contribution is -2.49. The van der Waals surface area contributed by atoms with Crippen LogP contribution < -0.4 is 0 Å². The Bertz CT molecular complexity index is 888. The molecular weight excluding hydrogens is 385 g/mol. The number of alkyl halides is 3. The first kappa shape index (κ1) is 19.8. The van der Waals surface area contributed by atoms with Gasteiger partial charge in [-0.05, 0) is 31.2 Å². The maximum absolute atomic E-state index is 12.7. The summed E-state index contributed by atoms with van der Waals surface area (Å²) in [5, 5.41) is 7.77. The molecule has 0 N–H and O–H groups in total. The minimum atomic E-state index is -4.50. The Balaban J connectivity index is 1.67. The van der Waals surface area contributed by atoms with Crippen LogP contribution in [-0.4, -0.2) is 54.0 Å². The molecular formula is C16H19F3N4O3S. The van der Waals surface area contributed by atoms with Crippen LogP contribution in [0.1, 0.15) is 30.3 Å². The van der Waals surface area contributed by atoms with Gasteiger partial charge in [-0.2, -0.15) is 17.5 Å². The van der Waals surface area contributed by atoms with Gasteiger partial charge in [0.1, 0.15) is 0 Å². The number of halogens is 3. The van der Waals surface area contributed by atoms with E-state index in [4.69, 9.17) is 4.42 Å². The molecule has 0 bridgehead atoms. The van der Waals surface area contributed by atoms with E-state index in [0.29, 0.717) is 24.9 Å². The van der Waals surface area contributed by atoms with Crippen LogP contribution in [-0.2, 0) is 16.2 Å². The largest absolute Gasteiger partial charge is 0.424 e. The molecule has 0 spiro atoms. The van der Waals surface area contributed by atoms with E-state index in [1.54, 1.807) is 6.92 Å². The number of aryl methyl sites for hydroxylation is 1. The molecule has 3 rings (SSSR count). The molecule has 11 heteroatoms. The Morgan fingerprint density at radius 1 is 1.07 bits per heavy atom. The molecule has 27 heavy (non-hydrogen) atoms. The average Bonchev–Trinajstić information content (AvgIpc) is 3.07. The summed E-state index contributed by atoms with van der Waals surface area (Å²) < 4.78 is 70.0. The molecule has 0 saturated carbocycles. The lowest BCUT2D eigenvalue weighted by molar-refractivity contribution is -0.137. The van der Waals surface area contributed by atoms with E-state index in [9.17, 15) is 21.6 Å². The summed E-state index contributed by atoms with van der Waals surface area (Å²) in [6.07, 6.45) is -4.50. The van der Waals surface area contributed by atoms with E-state index in [2.05, 4.69) is 10.2 Å².